The van der Waals surface area contributed by atoms with Crippen LogP contribution in [-0.4, -0.2) is 89.8 Å². The molecule has 7 rings (SSSR count). The van der Waals surface area contributed by atoms with Crippen molar-refractivity contribution in [3.05, 3.63) is 65.0 Å². The van der Waals surface area contributed by atoms with Crippen LogP contribution in [-0.2, 0) is 16.0 Å². The van der Waals surface area contributed by atoms with Crippen molar-refractivity contribution in [2.75, 3.05) is 34.0 Å². The molecule has 2 aromatic carbocycles. The lowest BCUT2D eigenvalue weighted by atomic mass is 9.41. The zero-order valence-electron chi connectivity index (χ0n) is 33.4. The van der Waals surface area contributed by atoms with Gasteiger partial charge in [0.05, 0.1) is 44.8 Å². The van der Waals surface area contributed by atoms with E-state index in [1.165, 1.54) is 14.2 Å². The summed E-state index contributed by atoms with van der Waals surface area (Å²) < 4.78 is 24.4. The molecule has 2 saturated carbocycles. The third kappa shape index (κ3) is 7.75. The lowest BCUT2D eigenvalue weighted by Gasteiger charge is -2.66. The molecule has 10 unspecified atom stereocenters. The first-order valence-corrected chi connectivity index (χ1v) is 20.7. The Kier molecular flexibility index (Phi) is 12.2. The number of methoxy groups -OCH3 is 2. The summed E-state index contributed by atoms with van der Waals surface area (Å²) >= 11 is 0. The normalized spacial score (nSPS) is 33.6. The molecule has 5 aliphatic rings. The van der Waals surface area contributed by atoms with Gasteiger partial charge in [-0.3, -0.25) is 4.79 Å². The van der Waals surface area contributed by atoms with E-state index in [0.717, 1.165) is 49.7 Å². The number of aromatic hydroxyl groups is 2. The Morgan fingerprint density at radius 2 is 1.84 bits per heavy atom. The molecular formula is C44H61N3O10. The topological polar surface area (TPSA) is 205 Å². The molecule has 4 fully saturated rings. The number of piperidine rings is 1. The molecule has 312 valence electrons. The number of phenolic OH excluding ortho intramolecular Hbond substituents is 2. The maximum atomic E-state index is 13.1. The van der Waals surface area contributed by atoms with Crippen LogP contribution in [0.3, 0.4) is 0 Å². The number of rotatable bonds is 14. The second-order valence-electron chi connectivity index (χ2n) is 17.1. The zero-order valence-corrected chi connectivity index (χ0v) is 33.4. The van der Waals surface area contributed by atoms with E-state index in [0.29, 0.717) is 55.3 Å². The number of phenols is 2. The number of benzene rings is 2. The minimum absolute atomic E-state index is 0.0231. The molecule has 10 atom stereocenters. The minimum atomic E-state index is -0.840. The van der Waals surface area contributed by atoms with Crippen molar-refractivity contribution in [2.24, 2.45) is 34.3 Å². The molecule has 3 heterocycles. The Hall–Kier alpha value is -4.17. The van der Waals surface area contributed by atoms with Crippen LogP contribution >= 0.6 is 0 Å². The Morgan fingerprint density at radius 1 is 1.05 bits per heavy atom. The van der Waals surface area contributed by atoms with Gasteiger partial charge in [0.2, 0.25) is 5.75 Å². The number of aliphatic hydroxyl groups is 2. The third-order valence-corrected chi connectivity index (χ3v) is 14.1. The van der Waals surface area contributed by atoms with E-state index in [2.05, 4.69) is 23.6 Å². The number of dihydropyridines is 1. The number of carbonyl (C=O) groups is 1. The molecule has 0 bridgehead atoms. The number of allylic oxidation sites excluding steroid dienone is 2. The molecule has 2 aliphatic carbocycles. The lowest BCUT2D eigenvalue weighted by molar-refractivity contribution is -0.172. The van der Waals surface area contributed by atoms with Crippen LogP contribution in [0.5, 0.6) is 28.7 Å². The smallest absolute Gasteiger partial charge is 0.304 e. The van der Waals surface area contributed by atoms with Gasteiger partial charge in [-0.2, -0.15) is 0 Å². The molecule has 13 nitrogen and oxygen atoms in total. The second kappa shape index (κ2) is 17.0. The highest BCUT2D eigenvalue weighted by atomic mass is 16.5. The summed E-state index contributed by atoms with van der Waals surface area (Å²) in [5.41, 5.74) is 8.07. The summed E-state index contributed by atoms with van der Waals surface area (Å²) in [5.74, 6) is 0.244. The van der Waals surface area contributed by atoms with Crippen LogP contribution in [0.1, 0.15) is 88.4 Å². The number of aryl methyl sites for hydroxylation is 1. The predicted octanol–water partition coefficient (Wildman–Crippen LogP) is 5.05. The van der Waals surface area contributed by atoms with Gasteiger partial charge in [0.1, 0.15) is 6.61 Å². The van der Waals surface area contributed by atoms with Gasteiger partial charge in [0, 0.05) is 36.6 Å². The Bertz CT molecular complexity index is 1840. The number of carboxylic acids is 1. The zero-order chi connectivity index (χ0) is 40.5. The number of hydrogen-bond acceptors (Lipinski definition) is 12. The molecule has 13 heteroatoms. The average molecular weight is 792 g/mol. The van der Waals surface area contributed by atoms with E-state index in [9.17, 15) is 30.3 Å². The van der Waals surface area contributed by atoms with Crippen LogP contribution < -0.4 is 30.6 Å². The van der Waals surface area contributed by atoms with E-state index >= 15 is 0 Å². The number of carboxylic acid groups (broad SMARTS) is 1. The van der Waals surface area contributed by atoms with E-state index in [1.54, 1.807) is 24.3 Å². The molecule has 0 aromatic heterocycles. The number of nitrogens with two attached hydrogens (primary N) is 1. The number of hydrogen-bond donors (Lipinski definition) is 8. The van der Waals surface area contributed by atoms with Gasteiger partial charge >= 0.3 is 5.97 Å². The van der Waals surface area contributed by atoms with Crippen molar-refractivity contribution in [1.82, 2.24) is 10.6 Å². The maximum absolute atomic E-state index is 13.1. The van der Waals surface area contributed by atoms with Gasteiger partial charge in [-0.15, -0.1) is 0 Å². The van der Waals surface area contributed by atoms with E-state index in [1.807, 2.05) is 12.1 Å². The van der Waals surface area contributed by atoms with Gasteiger partial charge in [0.15, 0.2) is 23.0 Å². The van der Waals surface area contributed by atoms with E-state index < -0.39 is 29.5 Å². The Balaban J connectivity index is 1.21. The summed E-state index contributed by atoms with van der Waals surface area (Å²) in [5, 5.41) is 60.9. The first kappa shape index (κ1) is 41.0. The van der Waals surface area contributed by atoms with Crippen molar-refractivity contribution >= 4 is 5.97 Å². The molecule has 2 aromatic rings. The standard InChI is InChI=1S/C44H61N3O10/c1-25-22-43-14-4-5-29(43)8-10-32(27-12-15-46-39(45)20-27)44(43,23-40(51)52)38(47-25)24-56-37-19-28(18-36(55-3)41(37)53)42-31(13-16-48)34(50)21-30(57-42)9-6-26-7-11-33(49)35(17-26)54-2/h7,11-12,17-20,25,29-32,34,38,42,46-50,53H,4-6,8-10,13-16,21-24,45H2,1-3H3,(H,51,52). The number of aliphatic carboxylic acids is 1. The SMILES string of the molecule is COc1cc(CCC2CC(O)C(CCO)C(c3cc(OC)c(O)c(OCC4NC(C)CC56CCCC5CCC(C5=CCNC(N)=C5)C46CC(=O)O)c3)O2)ccc1O. The molecule has 9 N–H and O–H groups in total. The number of nitrogens with one attached hydrogen (secondary N) is 2. The average Bonchev–Trinajstić information content (AvgIpc) is 3.60. The van der Waals surface area contributed by atoms with Gasteiger partial charge in [-0.1, -0.05) is 18.6 Å². The van der Waals surface area contributed by atoms with Gasteiger partial charge in [-0.05, 0) is 129 Å². The van der Waals surface area contributed by atoms with Crippen molar-refractivity contribution in [1.29, 1.82) is 0 Å². The summed E-state index contributed by atoms with van der Waals surface area (Å²) in [6, 6.07) is 8.39. The highest BCUT2D eigenvalue weighted by molar-refractivity contribution is 5.69. The Morgan fingerprint density at radius 3 is 2.58 bits per heavy atom. The molecule has 2 saturated heterocycles. The quantitative estimate of drug-likeness (QED) is 0.126. The van der Waals surface area contributed by atoms with Crippen molar-refractivity contribution in [3.63, 3.8) is 0 Å². The predicted molar refractivity (Wildman–Crippen MR) is 213 cm³/mol. The van der Waals surface area contributed by atoms with Crippen molar-refractivity contribution in [3.8, 4) is 28.7 Å². The molecule has 0 amide bonds. The highest BCUT2D eigenvalue weighted by Crippen LogP contribution is 2.70. The van der Waals surface area contributed by atoms with Gasteiger partial charge in [-0.25, -0.2) is 0 Å². The molecule has 1 spiro atoms. The lowest BCUT2D eigenvalue weighted by Crippen LogP contribution is -2.70. The maximum Gasteiger partial charge on any atom is 0.304 e. The van der Waals surface area contributed by atoms with Crippen LogP contribution in [0.15, 0.2) is 53.9 Å². The van der Waals surface area contributed by atoms with E-state index in [-0.39, 0.29) is 72.2 Å². The fourth-order valence-electron chi connectivity index (χ4n) is 11.9. The largest absolute Gasteiger partial charge is 0.504 e. The summed E-state index contributed by atoms with van der Waals surface area (Å²) in [6.07, 6.45) is 10.1. The fourth-order valence-corrected chi connectivity index (χ4v) is 11.9. The molecule has 3 aliphatic heterocycles. The first-order chi connectivity index (χ1) is 27.4. The first-order valence-electron chi connectivity index (χ1n) is 20.7. The van der Waals surface area contributed by atoms with Gasteiger partial charge in [0.25, 0.3) is 0 Å². The van der Waals surface area contributed by atoms with Crippen LogP contribution in [0.25, 0.3) is 0 Å². The number of aliphatic hydroxyl groups excluding tert-OH is 2. The Labute approximate surface area is 335 Å². The molecular weight excluding hydrogens is 730 g/mol. The van der Waals surface area contributed by atoms with Crippen molar-refractivity contribution in [2.45, 2.75) is 108 Å². The monoisotopic (exact) mass is 791 g/mol. The number of ether oxygens (including phenoxy) is 4. The van der Waals surface area contributed by atoms with E-state index in [4.69, 9.17) is 24.7 Å². The summed E-state index contributed by atoms with van der Waals surface area (Å²) in [4.78, 5) is 13.1. The molecule has 0 radical (unpaired) electrons. The van der Waals surface area contributed by atoms with Crippen LogP contribution in [0.4, 0.5) is 0 Å². The van der Waals surface area contributed by atoms with Crippen molar-refractivity contribution < 1.29 is 49.3 Å². The van der Waals surface area contributed by atoms with Crippen LogP contribution in [0, 0.1) is 28.6 Å². The summed E-state index contributed by atoms with van der Waals surface area (Å²) in [6.45, 7) is 2.71. The van der Waals surface area contributed by atoms with Gasteiger partial charge < -0.3 is 60.8 Å². The van der Waals surface area contributed by atoms with Crippen LogP contribution in [0.2, 0.25) is 0 Å². The fraction of sp³-hybridized carbons (Fsp3) is 0.614. The highest BCUT2D eigenvalue weighted by Gasteiger charge is 2.68. The second-order valence-corrected chi connectivity index (χ2v) is 17.1. The summed E-state index contributed by atoms with van der Waals surface area (Å²) in [7, 11) is 2.97. The minimum Gasteiger partial charge on any atom is -0.504 e. The third-order valence-electron chi connectivity index (χ3n) is 14.1. The molecule has 57 heavy (non-hydrogen) atoms.